The molecule has 2 nitrogen and oxygen atoms in total. The van der Waals surface area contributed by atoms with E-state index in [1.165, 1.54) is 24.3 Å². The van der Waals surface area contributed by atoms with E-state index in [9.17, 15) is 9.18 Å². The van der Waals surface area contributed by atoms with Gasteiger partial charge in [-0.15, -0.1) is 0 Å². The summed E-state index contributed by atoms with van der Waals surface area (Å²) in [4.78, 5) is 11.9. The van der Waals surface area contributed by atoms with Gasteiger partial charge in [-0.2, -0.15) is 0 Å². The lowest BCUT2D eigenvalue weighted by molar-refractivity contribution is 0.102. The second-order valence-corrected chi connectivity index (χ2v) is 4.28. The van der Waals surface area contributed by atoms with Gasteiger partial charge in [-0.1, -0.05) is 5.57 Å². The molecule has 0 N–H and O–H groups in total. The fraction of sp³-hybridized carbons (Fsp3) is 0.214. The number of ketones is 1. The monoisotopic (exact) mass is 232 g/mol. The van der Waals surface area contributed by atoms with Gasteiger partial charge in [0.2, 0.25) is 5.78 Å². The molecule has 0 saturated heterocycles. The van der Waals surface area contributed by atoms with E-state index in [2.05, 4.69) is 0 Å². The number of aryl methyl sites for hydroxylation is 1. The number of fused-ring (bicyclic) bond motifs is 1. The van der Waals surface area contributed by atoms with Crippen LogP contribution < -0.4 is 0 Å². The molecule has 2 rings (SSSR count). The Bertz CT molecular complexity index is 616. The number of hydrogen-bond acceptors (Lipinski definition) is 2. The van der Waals surface area contributed by atoms with E-state index in [4.69, 9.17) is 4.42 Å². The molecule has 0 unspecified atom stereocenters. The SMILES string of the molecule is CC(C)=CC(=O)c1oc2ccc(F)cc2c1C. The van der Waals surface area contributed by atoms with E-state index in [1.54, 1.807) is 6.92 Å². The van der Waals surface area contributed by atoms with Crippen LogP contribution in [-0.2, 0) is 0 Å². The number of rotatable bonds is 2. The lowest BCUT2D eigenvalue weighted by Crippen LogP contribution is -1.94. The standard InChI is InChI=1S/C14H13FO2/c1-8(2)6-12(16)14-9(3)11-7-10(15)4-5-13(11)17-14/h4-7H,1-3H3. The largest absolute Gasteiger partial charge is 0.452 e. The van der Waals surface area contributed by atoms with Crippen LogP contribution in [0.15, 0.2) is 34.3 Å². The van der Waals surface area contributed by atoms with Crippen LogP contribution in [0.2, 0.25) is 0 Å². The average molecular weight is 232 g/mol. The van der Waals surface area contributed by atoms with Gasteiger partial charge in [-0.25, -0.2) is 4.39 Å². The van der Waals surface area contributed by atoms with Gasteiger partial charge < -0.3 is 4.42 Å². The van der Waals surface area contributed by atoms with Gasteiger partial charge in [0.1, 0.15) is 11.4 Å². The van der Waals surface area contributed by atoms with E-state index in [-0.39, 0.29) is 17.4 Å². The molecule has 17 heavy (non-hydrogen) atoms. The number of halogens is 1. The summed E-state index contributed by atoms with van der Waals surface area (Å²) in [7, 11) is 0. The zero-order chi connectivity index (χ0) is 12.6. The molecule has 0 bridgehead atoms. The highest BCUT2D eigenvalue weighted by molar-refractivity contribution is 6.06. The normalized spacial score (nSPS) is 10.6. The summed E-state index contributed by atoms with van der Waals surface area (Å²) in [5, 5.41) is 0.649. The molecule has 88 valence electrons. The summed E-state index contributed by atoms with van der Waals surface area (Å²) < 4.78 is 18.6. The third-order valence-corrected chi connectivity index (χ3v) is 2.54. The lowest BCUT2D eigenvalue weighted by Gasteiger charge is -1.93. The van der Waals surface area contributed by atoms with Crippen molar-refractivity contribution in [3.63, 3.8) is 0 Å². The number of carbonyl (C=O) groups is 1. The first-order chi connectivity index (χ1) is 7.99. The third-order valence-electron chi connectivity index (χ3n) is 2.54. The van der Waals surface area contributed by atoms with Crippen LogP contribution in [0.25, 0.3) is 11.0 Å². The molecule has 3 heteroatoms. The number of allylic oxidation sites excluding steroid dienone is 2. The van der Waals surface area contributed by atoms with Crippen LogP contribution in [0.1, 0.15) is 30.0 Å². The van der Waals surface area contributed by atoms with Crippen LogP contribution >= 0.6 is 0 Å². The molecular formula is C14H13FO2. The zero-order valence-corrected chi connectivity index (χ0v) is 10.0. The molecule has 0 saturated carbocycles. The summed E-state index contributed by atoms with van der Waals surface area (Å²) in [5.74, 6) is -0.228. The van der Waals surface area contributed by atoms with Crippen molar-refractivity contribution in [3.8, 4) is 0 Å². The van der Waals surface area contributed by atoms with Gasteiger partial charge >= 0.3 is 0 Å². The van der Waals surface area contributed by atoms with E-state index >= 15 is 0 Å². The van der Waals surface area contributed by atoms with Gasteiger partial charge in [0.05, 0.1) is 0 Å². The first kappa shape index (κ1) is 11.6. The summed E-state index contributed by atoms with van der Waals surface area (Å²) in [5.41, 5.74) is 2.12. The summed E-state index contributed by atoms with van der Waals surface area (Å²) >= 11 is 0. The van der Waals surface area contributed by atoms with E-state index in [0.29, 0.717) is 16.5 Å². The maximum absolute atomic E-state index is 13.1. The molecule has 1 aromatic heterocycles. The van der Waals surface area contributed by atoms with E-state index in [0.717, 1.165) is 5.57 Å². The molecular weight excluding hydrogens is 219 g/mol. The first-order valence-corrected chi connectivity index (χ1v) is 5.37. The average Bonchev–Trinajstić information content (AvgIpc) is 2.55. The minimum atomic E-state index is -0.331. The van der Waals surface area contributed by atoms with Crippen molar-refractivity contribution in [3.05, 3.63) is 47.0 Å². The Morgan fingerprint density at radius 3 is 2.71 bits per heavy atom. The Morgan fingerprint density at radius 2 is 2.06 bits per heavy atom. The summed E-state index contributed by atoms with van der Waals surface area (Å²) in [6, 6.07) is 4.24. The van der Waals surface area contributed by atoms with Crippen molar-refractivity contribution in [2.45, 2.75) is 20.8 Å². The third kappa shape index (κ3) is 2.13. The zero-order valence-electron chi connectivity index (χ0n) is 10.0. The number of hydrogen-bond donors (Lipinski definition) is 0. The van der Waals surface area contributed by atoms with E-state index < -0.39 is 0 Å². The smallest absolute Gasteiger partial charge is 0.221 e. The highest BCUT2D eigenvalue weighted by atomic mass is 19.1. The Morgan fingerprint density at radius 1 is 1.35 bits per heavy atom. The van der Waals surface area contributed by atoms with Crippen molar-refractivity contribution in [1.29, 1.82) is 0 Å². The molecule has 0 amide bonds. The molecule has 1 aromatic carbocycles. The number of furan rings is 1. The molecule has 2 aromatic rings. The van der Waals surface area contributed by atoms with Crippen LogP contribution in [0.3, 0.4) is 0 Å². The molecule has 0 fully saturated rings. The fourth-order valence-electron chi connectivity index (χ4n) is 1.76. The summed E-state index contributed by atoms with van der Waals surface area (Å²) in [6.07, 6.45) is 1.51. The lowest BCUT2D eigenvalue weighted by atomic mass is 10.1. The van der Waals surface area contributed by atoms with Crippen LogP contribution in [0.5, 0.6) is 0 Å². The maximum Gasteiger partial charge on any atom is 0.221 e. The van der Waals surface area contributed by atoms with Crippen molar-refractivity contribution in [2.24, 2.45) is 0 Å². The molecule has 0 aliphatic heterocycles. The predicted octanol–water partition coefficient (Wildman–Crippen LogP) is 4.03. The van der Waals surface area contributed by atoms with Gasteiger partial charge in [0.25, 0.3) is 0 Å². The number of carbonyl (C=O) groups excluding carboxylic acids is 1. The first-order valence-electron chi connectivity index (χ1n) is 5.37. The molecule has 0 radical (unpaired) electrons. The fourth-order valence-corrected chi connectivity index (χ4v) is 1.76. The van der Waals surface area contributed by atoms with Crippen molar-refractivity contribution in [1.82, 2.24) is 0 Å². The molecule has 0 spiro atoms. The van der Waals surface area contributed by atoms with Crippen molar-refractivity contribution < 1.29 is 13.6 Å². The molecule has 1 heterocycles. The highest BCUT2D eigenvalue weighted by Crippen LogP contribution is 2.26. The van der Waals surface area contributed by atoms with Crippen LogP contribution in [-0.4, -0.2) is 5.78 Å². The Hall–Kier alpha value is -1.90. The second-order valence-electron chi connectivity index (χ2n) is 4.28. The predicted molar refractivity (Wildman–Crippen MR) is 64.7 cm³/mol. The molecule has 0 atom stereocenters. The minimum Gasteiger partial charge on any atom is -0.452 e. The van der Waals surface area contributed by atoms with Crippen molar-refractivity contribution >= 4 is 16.8 Å². The van der Waals surface area contributed by atoms with Gasteiger partial charge in [-0.3, -0.25) is 4.79 Å². The van der Waals surface area contributed by atoms with Crippen molar-refractivity contribution in [2.75, 3.05) is 0 Å². The quantitative estimate of drug-likeness (QED) is 0.578. The Balaban J connectivity index is 2.60. The highest BCUT2D eigenvalue weighted by Gasteiger charge is 2.16. The maximum atomic E-state index is 13.1. The van der Waals surface area contributed by atoms with Gasteiger partial charge in [-0.05, 0) is 45.0 Å². The van der Waals surface area contributed by atoms with E-state index in [1.807, 2.05) is 13.8 Å². The molecule has 0 aliphatic rings. The Labute approximate surface area is 98.7 Å². The Kier molecular flexibility index (Phi) is 2.84. The topological polar surface area (TPSA) is 30.2 Å². The van der Waals surface area contributed by atoms with Crippen LogP contribution in [0.4, 0.5) is 4.39 Å². The second kappa shape index (κ2) is 4.17. The number of benzene rings is 1. The molecule has 0 aliphatic carbocycles. The van der Waals surface area contributed by atoms with Gasteiger partial charge in [0.15, 0.2) is 5.76 Å². The minimum absolute atomic E-state index is 0.181. The van der Waals surface area contributed by atoms with Crippen LogP contribution in [0, 0.1) is 12.7 Å². The summed E-state index contributed by atoms with van der Waals surface area (Å²) in [6.45, 7) is 5.45. The van der Waals surface area contributed by atoms with Gasteiger partial charge in [0, 0.05) is 10.9 Å².